The van der Waals surface area contributed by atoms with E-state index in [0.29, 0.717) is 0 Å². The smallest absolute Gasteiger partial charge is 0.0642 e. The number of nitrogens with one attached hydrogen (secondary N) is 2. The Kier molecular flexibility index (Phi) is 2.72. The van der Waals surface area contributed by atoms with Crippen LogP contribution in [0.15, 0.2) is 53.1 Å². The standard InChI is InChI=1S/C14H12BrN3/c15-9-5-6-12-10(7-9)14(8-17-12)18-13-4-2-1-3-11(13)16/h1-8,17-18H,16H2. The monoisotopic (exact) mass is 301 g/mol. The van der Waals surface area contributed by atoms with Gasteiger partial charge in [0.25, 0.3) is 0 Å². The number of fused-ring (bicyclic) bond motifs is 1. The van der Waals surface area contributed by atoms with Crippen LogP contribution in [0.5, 0.6) is 0 Å². The van der Waals surface area contributed by atoms with Gasteiger partial charge >= 0.3 is 0 Å². The van der Waals surface area contributed by atoms with Crippen LogP contribution in [-0.4, -0.2) is 4.98 Å². The van der Waals surface area contributed by atoms with E-state index in [1.807, 2.05) is 42.6 Å². The minimum atomic E-state index is 0.738. The third kappa shape index (κ3) is 1.95. The summed E-state index contributed by atoms with van der Waals surface area (Å²) in [5, 5.41) is 4.48. The molecule has 0 unspecified atom stereocenters. The van der Waals surface area contributed by atoms with E-state index in [1.54, 1.807) is 0 Å². The fraction of sp³-hybridized carbons (Fsp3) is 0. The highest BCUT2D eigenvalue weighted by atomic mass is 79.9. The largest absolute Gasteiger partial charge is 0.397 e. The van der Waals surface area contributed by atoms with E-state index in [-0.39, 0.29) is 0 Å². The zero-order valence-electron chi connectivity index (χ0n) is 9.57. The van der Waals surface area contributed by atoms with E-state index in [4.69, 9.17) is 5.73 Å². The predicted molar refractivity (Wildman–Crippen MR) is 80.1 cm³/mol. The van der Waals surface area contributed by atoms with E-state index < -0.39 is 0 Å². The molecule has 3 rings (SSSR count). The van der Waals surface area contributed by atoms with Gasteiger partial charge in [-0.15, -0.1) is 0 Å². The quantitative estimate of drug-likeness (QED) is 0.620. The molecule has 18 heavy (non-hydrogen) atoms. The van der Waals surface area contributed by atoms with E-state index >= 15 is 0 Å². The van der Waals surface area contributed by atoms with Gasteiger partial charge in [-0.25, -0.2) is 0 Å². The summed E-state index contributed by atoms with van der Waals surface area (Å²) < 4.78 is 1.05. The van der Waals surface area contributed by atoms with Crippen molar-refractivity contribution in [1.82, 2.24) is 4.98 Å². The SMILES string of the molecule is Nc1ccccc1Nc1c[nH]c2ccc(Br)cc12. The van der Waals surface area contributed by atoms with Crippen LogP contribution in [0.3, 0.4) is 0 Å². The van der Waals surface area contributed by atoms with Gasteiger partial charge in [-0.05, 0) is 30.3 Å². The molecule has 90 valence electrons. The molecule has 0 saturated heterocycles. The molecule has 0 aliphatic carbocycles. The molecule has 0 atom stereocenters. The van der Waals surface area contributed by atoms with Crippen LogP contribution in [0.1, 0.15) is 0 Å². The maximum atomic E-state index is 5.93. The Balaban J connectivity index is 2.05. The molecule has 0 bridgehead atoms. The van der Waals surface area contributed by atoms with Crippen molar-refractivity contribution in [2.45, 2.75) is 0 Å². The molecule has 0 amide bonds. The second kappa shape index (κ2) is 4.38. The number of aromatic nitrogens is 1. The van der Waals surface area contributed by atoms with Gasteiger partial charge in [0.2, 0.25) is 0 Å². The topological polar surface area (TPSA) is 53.8 Å². The third-order valence-electron chi connectivity index (χ3n) is 2.87. The number of nitrogen functional groups attached to an aromatic ring is 1. The average molecular weight is 302 g/mol. The molecule has 4 heteroatoms. The molecular formula is C14H12BrN3. The first-order chi connectivity index (χ1) is 8.74. The molecule has 3 aromatic rings. The molecule has 4 N–H and O–H groups in total. The highest BCUT2D eigenvalue weighted by Crippen LogP contribution is 2.30. The Hall–Kier alpha value is -1.94. The first kappa shape index (κ1) is 11.2. The minimum Gasteiger partial charge on any atom is -0.397 e. The van der Waals surface area contributed by atoms with Gasteiger partial charge in [0.05, 0.1) is 17.1 Å². The molecule has 0 aliphatic rings. The highest BCUT2D eigenvalue weighted by Gasteiger charge is 2.05. The molecule has 0 aliphatic heterocycles. The Bertz CT molecular complexity index is 703. The highest BCUT2D eigenvalue weighted by molar-refractivity contribution is 9.10. The van der Waals surface area contributed by atoms with Gasteiger partial charge in [-0.3, -0.25) is 0 Å². The molecule has 1 heterocycles. The van der Waals surface area contributed by atoms with Crippen LogP contribution >= 0.6 is 15.9 Å². The van der Waals surface area contributed by atoms with Crippen molar-refractivity contribution in [1.29, 1.82) is 0 Å². The molecule has 0 saturated carbocycles. The Morgan fingerprint density at radius 1 is 1.06 bits per heavy atom. The summed E-state index contributed by atoms with van der Waals surface area (Å²) in [4.78, 5) is 3.23. The van der Waals surface area contributed by atoms with E-state index in [9.17, 15) is 0 Å². The van der Waals surface area contributed by atoms with E-state index in [1.165, 1.54) is 0 Å². The number of aromatic amines is 1. The van der Waals surface area contributed by atoms with Crippen molar-refractivity contribution in [3.05, 3.63) is 53.1 Å². The third-order valence-corrected chi connectivity index (χ3v) is 3.37. The number of hydrogen-bond donors (Lipinski definition) is 3. The van der Waals surface area contributed by atoms with Crippen LogP contribution in [0.4, 0.5) is 17.1 Å². The number of benzene rings is 2. The second-order valence-corrected chi connectivity index (χ2v) is 5.02. The summed E-state index contributed by atoms with van der Waals surface area (Å²) in [6.07, 6.45) is 1.95. The molecule has 1 aromatic heterocycles. The van der Waals surface area contributed by atoms with Gasteiger partial charge in [-0.1, -0.05) is 28.1 Å². The number of para-hydroxylation sites is 2. The van der Waals surface area contributed by atoms with Crippen LogP contribution in [0.2, 0.25) is 0 Å². The van der Waals surface area contributed by atoms with Crippen molar-refractivity contribution < 1.29 is 0 Å². The summed E-state index contributed by atoms with van der Waals surface area (Å²) in [6, 6.07) is 13.9. The van der Waals surface area contributed by atoms with Gasteiger partial charge in [-0.2, -0.15) is 0 Å². The van der Waals surface area contributed by atoms with E-state index in [0.717, 1.165) is 32.4 Å². The Morgan fingerprint density at radius 2 is 1.89 bits per heavy atom. The minimum absolute atomic E-state index is 0.738. The lowest BCUT2D eigenvalue weighted by Crippen LogP contribution is -1.94. The fourth-order valence-electron chi connectivity index (χ4n) is 1.95. The normalized spacial score (nSPS) is 10.7. The summed E-state index contributed by atoms with van der Waals surface area (Å²) in [6.45, 7) is 0. The van der Waals surface area contributed by atoms with Crippen molar-refractivity contribution in [2.75, 3.05) is 11.1 Å². The lowest BCUT2D eigenvalue weighted by atomic mass is 10.2. The number of hydrogen-bond acceptors (Lipinski definition) is 2. The van der Waals surface area contributed by atoms with Gasteiger partial charge in [0.15, 0.2) is 0 Å². The zero-order chi connectivity index (χ0) is 12.5. The van der Waals surface area contributed by atoms with Crippen LogP contribution in [-0.2, 0) is 0 Å². The first-order valence-corrected chi connectivity index (χ1v) is 6.41. The Morgan fingerprint density at radius 3 is 2.72 bits per heavy atom. The molecule has 0 fully saturated rings. The lowest BCUT2D eigenvalue weighted by Gasteiger charge is -2.07. The van der Waals surface area contributed by atoms with Crippen molar-refractivity contribution in [2.24, 2.45) is 0 Å². The van der Waals surface area contributed by atoms with Crippen LogP contribution < -0.4 is 11.1 Å². The summed E-state index contributed by atoms with van der Waals surface area (Å²) >= 11 is 3.48. The fourth-order valence-corrected chi connectivity index (χ4v) is 2.31. The maximum absolute atomic E-state index is 5.93. The zero-order valence-corrected chi connectivity index (χ0v) is 11.2. The molecule has 2 aromatic carbocycles. The molecule has 0 radical (unpaired) electrons. The average Bonchev–Trinajstić information content (AvgIpc) is 2.75. The molecular weight excluding hydrogens is 290 g/mol. The summed E-state index contributed by atoms with van der Waals surface area (Å²) in [5.74, 6) is 0. The van der Waals surface area contributed by atoms with Crippen molar-refractivity contribution in [3.63, 3.8) is 0 Å². The van der Waals surface area contributed by atoms with Gasteiger partial charge in [0.1, 0.15) is 0 Å². The Labute approximate surface area is 113 Å². The predicted octanol–water partition coefficient (Wildman–Crippen LogP) is 4.26. The number of rotatable bonds is 2. The van der Waals surface area contributed by atoms with Crippen LogP contribution in [0.25, 0.3) is 10.9 Å². The van der Waals surface area contributed by atoms with Gasteiger partial charge in [0, 0.05) is 21.6 Å². The van der Waals surface area contributed by atoms with Gasteiger partial charge < -0.3 is 16.0 Å². The second-order valence-electron chi connectivity index (χ2n) is 4.10. The summed E-state index contributed by atoms with van der Waals surface area (Å²) in [7, 11) is 0. The van der Waals surface area contributed by atoms with E-state index in [2.05, 4.69) is 32.3 Å². The lowest BCUT2D eigenvalue weighted by molar-refractivity contribution is 1.46. The molecule has 3 nitrogen and oxygen atoms in total. The maximum Gasteiger partial charge on any atom is 0.0642 e. The number of anilines is 3. The first-order valence-electron chi connectivity index (χ1n) is 5.62. The molecule has 0 spiro atoms. The number of H-pyrrole nitrogens is 1. The number of halogens is 1. The number of nitrogens with two attached hydrogens (primary N) is 1. The van der Waals surface area contributed by atoms with Crippen LogP contribution in [0, 0.1) is 0 Å². The summed E-state index contributed by atoms with van der Waals surface area (Å²) in [5.41, 5.74) is 9.69. The van der Waals surface area contributed by atoms with Crippen molar-refractivity contribution in [3.8, 4) is 0 Å². The van der Waals surface area contributed by atoms with Crippen molar-refractivity contribution >= 4 is 43.9 Å².